The molecule has 0 aliphatic heterocycles. The standard InChI is InChI=1S/C14H12N2O3S/c1-10-8-9-20-13(10)6-7-14(17)15-11-2-4-12(5-3-11)16(18)19/h2-9H,1H3,(H,15,17)/b7-6-. The second kappa shape index (κ2) is 6.12. The zero-order chi connectivity index (χ0) is 14.5. The van der Waals surface area contributed by atoms with Crippen LogP contribution < -0.4 is 5.32 Å². The number of non-ortho nitro benzene ring substituents is 1. The van der Waals surface area contributed by atoms with Crippen LogP contribution in [0.4, 0.5) is 11.4 Å². The molecule has 0 atom stereocenters. The molecule has 0 unspecified atom stereocenters. The Kier molecular flexibility index (Phi) is 4.27. The number of anilines is 1. The highest BCUT2D eigenvalue weighted by atomic mass is 32.1. The molecule has 0 radical (unpaired) electrons. The molecule has 2 aromatic rings. The minimum atomic E-state index is -0.481. The lowest BCUT2D eigenvalue weighted by Gasteiger charge is -2.01. The van der Waals surface area contributed by atoms with Gasteiger partial charge in [0, 0.05) is 28.8 Å². The van der Waals surface area contributed by atoms with Crippen LogP contribution in [0.1, 0.15) is 10.4 Å². The minimum absolute atomic E-state index is 0.00671. The van der Waals surface area contributed by atoms with E-state index in [4.69, 9.17) is 0 Å². The van der Waals surface area contributed by atoms with Gasteiger partial charge in [-0.1, -0.05) is 0 Å². The summed E-state index contributed by atoms with van der Waals surface area (Å²) in [6.45, 7) is 1.98. The third-order valence-electron chi connectivity index (χ3n) is 2.63. The van der Waals surface area contributed by atoms with Crippen LogP contribution >= 0.6 is 11.3 Å². The fourth-order valence-electron chi connectivity index (χ4n) is 1.56. The number of carbonyl (C=O) groups excluding carboxylic acids is 1. The third kappa shape index (κ3) is 3.52. The van der Waals surface area contributed by atoms with Crippen molar-refractivity contribution in [2.24, 2.45) is 0 Å². The van der Waals surface area contributed by atoms with Crippen molar-refractivity contribution in [2.45, 2.75) is 6.92 Å². The van der Waals surface area contributed by atoms with Crippen molar-refractivity contribution >= 4 is 34.7 Å². The van der Waals surface area contributed by atoms with Crippen molar-refractivity contribution < 1.29 is 9.72 Å². The normalized spacial score (nSPS) is 10.7. The van der Waals surface area contributed by atoms with Crippen LogP contribution in [-0.4, -0.2) is 10.8 Å². The molecule has 5 nitrogen and oxygen atoms in total. The Morgan fingerprint density at radius 1 is 1.30 bits per heavy atom. The second-order valence-electron chi connectivity index (χ2n) is 4.09. The zero-order valence-corrected chi connectivity index (χ0v) is 11.5. The summed E-state index contributed by atoms with van der Waals surface area (Å²) in [7, 11) is 0. The molecule has 6 heteroatoms. The molecule has 1 aromatic heterocycles. The number of hydrogen-bond acceptors (Lipinski definition) is 4. The fraction of sp³-hybridized carbons (Fsp3) is 0.0714. The van der Waals surface area contributed by atoms with E-state index in [9.17, 15) is 14.9 Å². The van der Waals surface area contributed by atoms with E-state index in [0.717, 1.165) is 10.4 Å². The molecule has 1 N–H and O–H groups in total. The van der Waals surface area contributed by atoms with Gasteiger partial charge in [0.15, 0.2) is 0 Å². The SMILES string of the molecule is Cc1ccsc1/C=C\C(=O)Nc1ccc([N+](=O)[O-])cc1. The number of nitro groups is 1. The Balaban J connectivity index is 1.99. The number of amides is 1. The monoisotopic (exact) mass is 288 g/mol. The second-order valence-corrected chi connectivity index (χ2v) is 5.04. The van der Waals surface area contributed by atoms with Gasteiger partial charge in [-0.25, -0.2) is 0 Å². The summed E-state index contributed by atoms with van der Waals surface area (Å²) in [5.41, 5.74) is 1.63. The molecule has 102 valence electrons. The molecule has 0 saturated carbocycles. The smallest absolute Gasteiger partial charge is 0.269 e. The highest BCUT2D eigenvalue weighted by Crippen LogP contribution is 2.18. The summed E-state index contributed by atoms with van der Waals surface area (Å²) < 4.78 is 0. The van der Waals surface area contributed by atoms with Gasteiger partial charge in [-0.2, -0.15) is 0 Å². The lowest BCUT2D eigenvalue weighted by molar-refractivity contribution is -0.384. The van der Waals surface area contributed by atoms with Gasteiger partial charge in [-0.05, 0) is 42.1 Å². The highest BCUT2D eigenvalue weighted by molar-refractivity contribution is 7.11. The van der Waals surface area contributed by atoms with E-state index in [1.165, 1.54) is 30.3 Å². The fourth-order valence-corrected chi connectivity index (χ4v) is 2.38. The first kappa shape index (κ1) is 14.0. The third-order valence-corrected chi connectivity index (χ3v) is 3.62. The van der Waals surface area contributed by atoms with Gasteiger partial charge in [0.1, 0.15) is 0 Å². The molecule has 0 aliphatic carbocycles. The van der Waals surface area contributed by atoms with Gasteiger partial charge in [0.25, 0.3) is 5.69 Å². The van der Waals surface area contributed by atoms with Crippen molar-refractivity contribution in [3.63, 3.8) is 0 Å². The average molecular weight is 288 g/mol. The lowest BCUT2D eigenvalue weighted by atomic mass is 10.2. The molecule has 1 aromatic carbocycles. The van der Waals surface area contributed by atoms with E-state index in [2.05, 4.69) is 5.32 Å². The van der Waals surface area contributed by atoms with Crippen LogP contribution in [0.5, 0.6) is 0 Å². The molecule has 20 heavy (non-hydrogen) atoms. The molecule has 1 amide bonds. The zero-order valence-electron chi connectivity index (χ0n) is 10.7. The first-order valence-corrected chi connectivity index (χ1v) is 6.72. The number of benzene rings is 1. The first-order chi connectivity index (χ1) is 9.56. The maximum atomic E-state index is 11.7. The van der Waals surface area contributed by atoms with Crippen molar-refractivity contribution in [1.29, 1.82) is 0 Å². The number of thiophene rings is 1. The number of nitrogens with zero attached hydrogens (tertiary/aromatic N) is 1. The molecule has 0 saturated heterocycles. The summed E-state index contributed by atoms with van der Waals surface area (Å²) in [6, 6.07) is 7.69. The average Bonchev–Trinajstić information content (AvgIpc) is 2.82. The maximum absolute atomic E-state index is 11.7. The van der Waals surface area contributed by atoms with Crippen LogP contribution in [0.3, 0.4) is 0 Å². The predicted molar refractivity (Wildman–Crippen MR) is 79.8 cm³/mol. The Morgan fingerprint density at radius 2 is 2.00 bits per heavy atom. The summed E-state index contributed by atoms with van der Waals surface area (Å²) in [6.07, 6.45) is 3.20. The van der Waals surface area contributed by atoms with Gasteiger partial charge in [0.05, 0.1) is 4.92 Å². The summed E-state index contributed by atoms with van der Waals surface area (Å²) in [4.78, 5) is 22.8. The molecule has 0 spiro atoms. The van der Waals surface area contributed by atoms with Gasteiger partial charge < -0.3 is 5.32 Å². The summed E-state index contributed by atoms with van der Waals surface area (Å²) in [5, 5.41) is 15.1. The molecule has 0 bridgehead atoms. The number of nitrogens with one attached hydrogen (secondary N) is 1. The highest BCUT2D eigenvalue weighted by Gasteiger charge is 2.05. The molecular weight excluding hydrogens is 276 g/mol. The molecule has 2 rings (SSSR count). The van der Waals surface area contributed by atoms with E-state index < -0.39 is 4.92 Å². The van der Waals surface area contributed by atoms with Crippen LogP contribution in [-0.2, 0) is 4.79 Å². The number of aryl methyl sites for hydroxylation is 1. The van der Waals surface area contributed by atoms with Gasteiger partial charge >= 0.3 is 0 Å². The van der Waals surface area contributed by atoms with Crippen LogP contribution in [0.15, 0.2) is 41.8 Å². The van der Waals surface area contributed by atoms with Crippen molar-refractivity contribution in [3.8, 4) is 0 Å². The molecule has 0 aliphatic rings. The summed E-state index contributed by atoms with van der Waals surface area (Å²) in [5.74, 6) is -0.272. The van der Waals surface area contributed by atoms with Gasteiger partial charge in [-0.15, -0.1) is 11.3 Å². The number of carbonyl (C=O) groups is 1. The number of rotatable bonds is 4. The van der Waals surface area contributed by atoms with E-state index in [1.807, 2.05) is 18.4 Å². The van der Waals surface area contributed by atoms with Crippen LogP contribution in [0, 0.1) is 17.0 Å². The van der Waals surface area contributed by atoms with Crippen molar-refractivity contribution in [2.75, 3.05) is 5.32 Å². The first-order valence-electron chi connectivity index (χ1n) is 5.84. The van der Waals surface area contributed by atoms with Gasteiger partial charge in [0.2, 0.25) is 5.91 Å². The molecule has 1 heterocycles. The van der Waals surface area contributed by atoms with E-state index in [-0.39, 0.29) is 11.6 Å². The van der Waals surface area contributed by atoms with E-state index in [0.29, 0.717) is 5.69 Å². The largest absolute Gasteiger partial charge is 0.323 e. The van der Waals surface area contributed by atoms with Crippen molar-refractivity contribution in [1.82, 2.24) is 0 Å². The maximum Gasteiger partial charge on any atom is 0.269 e. The van der Waals surface area contributed by atoms with E-state index >= 15 is 0 Å². The lowest BCUT2D eigenvalue weighted by Crippen LogP contribution is -2.07. The van der Waals surface area contributed by atoms with Gasteiger partial charge in [-0.3, -0.25) is 14.9 Å². The Hall–Kier alpha value is -2.47. The predicted octanol–water partition coefficient (Wildman–Crippen LogP) is 3.62. The quantitative estimate of drug-likeness (QED) is 0.530. The Bertz CT molecular complexity index is 659. The van der Waals surface area contributed by atoms with Crippen molar-refractivity contribution in [3.05, 3.63) is 62.3 Å². The van der Waals surface area contributed by atoms with Crippen LogP contribution in [0.2, 0.25) is 0 Å². The summed E-state index contributed by atoms with van der Waals surface area (Å²) >= 11 is 1.56. The Labute approximate surface area is 119 Å². The molecule has 0 fully saturated rings. The molecular formula is C14H12N2O3S. The topological polar surface area (TPSA) is 72.2 Å². The number of hydrogen-bond donors (Lipinski definition) is 1. The van der Waals surface area contributed by atoms with E-state index in [1.54, 1.807) is 17.4 Å². The van der Waals surface area contributed by atoms with Crippen LogP contribution in [0.25, 0.3) is 6.08 Å². The minimum Gasteiger partial charge on any atom is -0.323 e. The Morgan fingerprint density at radius 3 is 2.55 bits per heavy atom. The number of nitro benzene ring substituents is 1.